The van der Waals surface area contributed by atoms with Gasteiger partial charge in [-0.25, -0.2) is 0 Å². The Hall–Kier alpha value is -13.5. The molecule has 103 heavy (non-hydrogen) atoms. The molecule has 0 N–H and O–H groups in total. The van der Waals surface area contributed by atoms with E-state index in [0.29, 0.717) is 0 Å². The van der Waals surface area contributed by atoms with Gasteiger partial charge in [0, 0.05) is 60.7 Å². The summed E-state index contributed by atoms with van der Waals surface area (Å²) in [5.74, 6) is 0. The molecule has 484 valence electrons. The Morgan fingerprint density at radius 2 is 0.456 bits per heavy atom. The minimum atomic E-state index is 0.818. The Morgan fingerprint density at radius 3 is 0.728 bits per heavy atom. The largest absolute Gasteiger partial charge is 0.456 e. The normalized spacial score (nSPS) is 11.5. The number of fused-ring (bicyclic) bond motifs is 8. The van der Waals surface area contributed by atoms with Crippen molar-refractivity contribution in [1.82, 2.24) is 0 Å². The van der Waals surface area contributed by atoms with Gasteiger partial charge in [-0.1, -0.05) is 279 Å². The third kappa shape index (κ3) is 11.1. The van der Waals surface area contributed by atoms with Gasteiger partial charge in [0.05, 0.1) is 22.7 Å². The van der Waals surface area contributed by atoms with Crippen molar-refractivity contribution >= 4 is 99.5 Å². The summed E-state index contributed by atoms with van der Waals surface area (Å²) >= 11 is 0. The smallest absolute Gasteiger partial charge is 0.142 e. The molecule has 0 saturated heterocycles. The van der Waals surface area contributed by atoms with Crippen LogP contribution in [-0.4, -0.2) is 0 Å². The second kappa shape index (κ2) is 25.6. The fourth-order valence-electron chi connectivity index (χ4n) is 15.4. The third-order valence-electron chi connectivity index (χ3n) is 20.5. The first-order valence-corrected chi connectivity index (χ1v) is 35.3. The number of hydrogen-bond acceptors (Lipinski definition) is 4. The van der Waals surface area contributed by atoms with Crippen molar-refractivity contribution in [1.29, 1.82) is 0 Å². The van der Waals surface area contributed by atoms with Gasteiger partial charge in [0.1, 0.15) is 22.3 Å². The Morgan fingerprint density at radius 1 is 0.194 bits per heavy atom. The second-order valence-corrected chi connectivity index (χ2v) is 26.7. The van der Waals surface area contributed by atoms with Crippen LogP contribution in [0.4, 0.5) is 34.1 Å². The van der Waals surface area contributed by atoms with Crippen LogP contribution in [-0.2, 0) is 0 Å². The van der Waals surface area contributed by atoms with E-state index in [-0.39, 0.29) is 0 Å². The second-order valence-electron chi connectivity index (χ2n) is 26.7. The van der Waals surface area contributed by atoms with E-state index >= 15 is 0 Å². The van der Waals surface area contributed by atoms with Gasteiger partial charge in [-0.2, -0.15) is 0 Å². The zero-order valence-electron chi connectivity index (χ0n) is 56.6. The molecule has 4 nitrogen and oxygen atoms in total. The molecule has 19 aromatic rings. The quantitative estimate of drug-likeness (QED) is 0.109. The van der Waals surface area contributed by atoms with Gasteiger partial charge < -0.3 is 18.6 Å². The molecule has 0 atom stereocenters. The molecule has 4 heteroatoms. The van der Waals surface area contributed by atoms with Crippen molar-refractivity contribution in [2.24, 2.45) is 0 Å². The first kappa shape index (κ1) is 60.6. The van der Waals surface area contributed by atoms with Crippen LogP contribution in [0.25, 0.3) is 154 Å². The van der Waals surface area contributed by atoms with Gasteiger partial charge in [-0.05, 0) is 198 Å². The van der Waals surface area contributed by atoms with Gasteiger partial charge in [0.2, 0.25) is 0 Å². The lowest BCUT2D eigenvalue weighted by molar-refractivity contribution is 0.651. The molecular weight excluding hydrogens is 1250 g/mol. The molecule has 0 fully saturated rings. The number of aryl methyl sites for hydroxylation is 1. The molecule has 0 unspecified atom stereocenters. The van der Waals surface area contributed by atoms with Crippen molar-refractivity contribution < 1.29 is 8.83 Å². The number of benzene rings is 17. The lowest BCUT2D eigenvalue weighted by atomic mass is 9.93. The van der Waals surface area contributed by atoms with Crippen molar-refractivity contribution in [2.45, 2.75) is 6.92 Å². The molecule has 19 rings (SSSR count). The Labute approximate surface area is 598 Å². The Bertz CT molecular complexity index is 5750. The van der Waals surface area contributed by atoms with Crippen molar-refractivity contribution in [3.05, 3.63) is 388 Å². The van der Waals surface area contributed by atoms with Crippen LogP contribution in [0.3, 0.4) is 0 Å². The average Bonchev–Trinajstić information content (AvgIpc) is 1.57. The molecule has 0 spiro atoms. The summed E-state index contributed by atoms with van der Waals surface area (Å²) < 4.78 is 14.2. The van der Waals surface area contributed by atoms with Crippen molar-refractivity contribution in [3.8, 4) is 89.0 Å². The van der Waals surface area contributed by atoms with Gasteiger partial charge in [0.15, 0.2) is 0 Å². The fraction of sp³-hybridized carbons (Fsp3) is 0.0101. The van der Waals surface area contributed by atoms with E-state index in [0.717, 1.165) is 194 Å². The van der Waals surface area contributed by atoms with E-state index in [1.807, 2.05) is 0 Å². The van der Waals surface area contributed by atoms with Gasteiger partial charge in [-0.15, -0.1) is 0 Å². The summed E-state index contributed by atoms with van der Waals surface area (Å²) in [7, 11) is 0. The summed E-state index contributed by atoms with van der Waals surface area (Å²) in [6.45, 7) is 2.14. The molecule has 0 amide bonds. The molecule has 2 heterocycles. The van der Waals surface area contributed by atoms with E-state index in [1.54, 1.807) is 0 Å². The lowest BCUT2D eigenvalue weighted by Crippen LogP contribution is -2.13. The maximum Gasteiger partial charge on any atom is 0.142 e. The summed E-state index contributed by atoms with van der Waals surface area (Å²) in [6, 6.07) is 139. The number of rotatable bonds is 14. The predicted octanol–water partition coefficient (Wildman–Crippen LogP) is 28.4. The molecular formula is C99H66N2O2. The topological polar surface area (TPSA) is 32.8 Å². The maximum atomic E-state index is 7.10. The van der Waals surface area contributed by atoms with E-state index < -0.39 is 0 Å². The SMILES string of the molecule is Cc1c2oc3cc4cc(N(c5ccc(-c6ccccc6)cc5-c5ccccc5)c5ccc(-c6ccccc6)cc5-c5ccccc5)ccc4cc3c2cc2c1oc1cc3cc(N(c4ccc(-c5ccccc5)cc4-c4ccccc4)c4ccc(-c5ccccc5)cc4-c4ccccc4)ccc3cc12. The van der Waals surface area contributed by atoms with Gasteiger partial charge >= 0.3 is 0 Å². The average molecular weight is 1320 g/mol. The minimum Gasteiger partial charge on any atom is -0.456 e. The van der Waals surface area contributed by atoms with Crippen LogP contribution in [0, 0.1) is 6.92 Å². The van der Waals surface area contributed by atoms with E-state index in [1.165, 1.54) is 0 Å². The highest BCUT2D eigenvalue weighted by atomic mass is 16.3. The van der Waals surface area contributed by atoms with Crippen LogP contribution in [0.5, 0.6) is 0 Å². The summed E-state index contributed by atoms with van der Waals surface area (Å²) in [6.07, 6.45) is 0. The molecule has 0 aliphatic carbocycles. The molecule has 0 aliphatic rings. The molecule has 0 radical (unpaired) electrons. The fourth-order valence-corrected chi connectivity index (χ4v) is 15.4. The monoisotopic (exact) mass is 1310 g/mol. The Balaban J connectivity index is 0.753. The summed E-state index contributed by atoms with van der Waals surface area (Å²) in [4.78, 5) is 4.92. The third-order valence-corrected chi connectivity index (χ3v) is 20.5. The van der Waals surface area contributed by atoms with Crippen LogP contribution >= 0.6 is 0 Å². The van der Waals surface area contributed by atoms with Crippen LogP contribution in [0.15, 0.2) is 391 Å². The molecule has 2 aromatic heterocycles. The van der Waals surface area contributed by atoms with Crippen LogP contribution in [0.2, 0.25) is 0 Å². The van der Waals surface area contributed by atoms with Crippen molar-refractivity contribution in [2.75, 3.05) is 9.80 Å². The van der Waals surface area contributed by atoms with Gasteiger partial charge in [0.25, 0.3) is 0 Å². The number of nitrogens with zero attached hydrogens (tertiary/aromatic N) is 2. The van der Waals surface area contributed by atoms with E-state index in [2.05, 4.69) is 399 Å². The highest BCUT2D eigenvalue weighted by Gasteiger charge is 2.27. The number of anilines is 6. The molecule has 0 bridgehead atoms. The first-order chi connectivity index (χ1) is 51.0. The maximum absolute atomic E-state index is 7.10. The zero-order chi connectivity index (χ0) is 68.3. The molecule has 0 aliphatic heterocycles. The van der Waals surface area contributed by atoms with E-state index in [9.17, 15) is 0 Å². The minimum absolute atomic E-state index is 0.818. The highest BCUT2D eigenvalue weighted by Crippen LogP contribution is 2.51. The van der Waals surface area contributed by atoms with E-state index in [4.69, 9.17) is 8.83 Å². The standard InChI is InChI=1S/C99H66N2O2/c1-65-98-90(88-60-78-42-48-82(54-80(78)62-96(88)102-98)100(92-50-44-74(66-26-10-2-11-27-66)56-84(92)70-34-18-6-19-35-70)93-51-45-75(67-28-12-3-13-29-67)57-85(93)71-36-20-7-21-37-71)64-91-89-61-79-43-49-83(55-81(79)63-97(89)103-99(65)91)101(94-52-46-76(68-30-14-4-15-31-68)58-86(94)72-38-22-8-23-39-72)95-53-47-77(69-32-16-5-17-33-69)59-87(95)73-40-24-9-25-41-73/h2-64H,1H3. The Kier molecular flexibility index (Phi) is 15.1. The highest BCUT2D eigenvalue weighted by molar-refractivity contribution is 6.20. The first-order valence-electron chi connectivity index (χ1n) is 35.3. The lowest BCUT2D eigenvalue weighted by Gasteiger charge is -2.31. The summed E-state index contributed by atoms with van der Waals surface area (Å²) in [5, 5.41) is 8.58. The number of furan rings is 2. The predicted molar refractivity (Wildman–Crippen MR) is 434 cm³/mol. The van der Waals surface area contributed by atoms with Crippen molar-refractivity contribution in [3.63, 3.8) is 0 Å². The molecule has 17 aromatic carbocycles. The number of hydrogen-bond donors (Lipinski definition) is 0. The summed E-state index contributed by atoms with van der Waals surface area (Å²) in [5.41, 5.74) is 28.8. The van der Waals surface area contributed by atoms with Crippen LogP contribution < -0.4 is 9.80 Å². The van der Waals surface area contributed by atoms with Gasteiger partial charge in [-0.3, -0.25) is 0 Å². The zero-order valence-corrected chi connectivity index (χ0v) is 56.6. The molecule has 0 saturated carbocycles. The van der Waals surface area contributed by atoms with Crippen LogP contribution in [0.1, 0.15) is 5.56 Å².